The smallest absolute Gasteiger partial charge is 0.307 e. The van der Waals surface area contributed by atoms with Gasteiger partial charge in [-0.15, -0.1) is 0 Å². The van der Waals surface area contributed by atoms with Crippen LogP contribution in [0, 0.1) is 11.6 Å². The molecule has 1 aliphatic rings. The van der Waals surface area contributed by atoms with E-state index < -0.39 is 29.3 Å². The number of anilines is 1. The summed E-state index contributed by atoms with van der Waals surface area (Å²) in [7, 11) is 0. The Labute approximate surface area is 113 Å². The summed E-state index contributed by atoms with van der Waals surface area (Å²) >= 11 is 0. The van der Waals surface area contributed by atoms with Gasteiger partial charge in [-0.1, -0.05) is 0 Å². The first kappa shape index (κ1) is 14.1. The number of hydrogen-bond acceptors (Lipinski definition) is 4. The van der Waals surface area contributed by atoms with E-state index >= 15 is 0 Å². The van der Waals surface area contributed by atoms with Crippen LogP contribution >= 0.6 is 0 Å². The second-order valence-corrected chi connectivity index (χ2v) is 4.12. The van der Waals surface area contributed by atoms with Crippen molar-refractivity contribution in [2.45, 2.75) is 13.3 Å². The molecule has 0 bridgehead atoms. The van der Waals surface area contributed by atoms with Gasteiger partial charge in [0.05, 0.1) is 24.3 Å². The summed E-state index contributed by atoms with van der Waals surface area (Å²) in [6, 6.07) is 1.39. The topological polar surface area (TPSA) is 63.7 Å². The van der Waals surface area contributed by atoms with Crippen LogP contribution in [0.2, 0.25) is 0 Å². The van der Waals surface area contributed by atoms with Crippen molar-refractivity contribution in [3.05, 3.63) is 29.3 Å². The van der Waals surface area contributed by atoms with Crippen LogP contribution in [0.1, 0.15) is 23.7 Å². The zero-order chi connectivity index (χ0) is 14.9. The van der Waals surface area contributed by atoms with Gasteiger partial charge in [-0.3, -0.25) is 14.4 Å². The number of benzene rings is 1. The number of nitrogens with zero attached hydrogens (tertiary/aromatic N) is 1. The van der Waals surface area contributed by atoms with Crippen LogP contribution in [-0.4, -0.2) is 30.8 Å². The van der Waals surface area contributed by atoms with E-state index in [2.05, 4.69) is 4.74 Å². The van der Waals surface area contributed by atoms with Gasteiger partial charge in [0.25, 0.3) is 11.7 Å². The molecule has 0 unspecified atom stereocenters. The van der Waals surface area contributed by atoms with Gasteiger partial charge in [0.15, 0.2) is 5.82 Å². The fraction of sp³-hybridized carbons (Fsp3) is 0.308. The number of ketones is 1. The Balaban J connectivity index is 2.27. The first-order valence-electron chi connectivity index (χ1n) is 5.96. The number of amides is 1. The largest absolute Gasteiger partial charge is 0.466 e. The number of ether oxygens (including phenoxy) is 1. The first-order valence-corrected chi connectivity index (χ1v) is 5.96. The number of Topliss-reactive ketones (excluding diaryl/α,β-unsaturated/α-hetero) is 1. The van der Waals surface area contributed by atoms with Crippen LogP contribution in [0.25, 0.3) is 0 Å². The molecule has 0 saturated heterocycles. The predicted octanol–water partition coefficient (Wildman–Crippen LogP) is 1.45. The Morgan fingerprint density at radius 1 is 1.30 bits per heavy atom. The van der Waals surface area contributed by atoms with Crippen molar-refractivity contribution in [3.63, 3.8) is 0 Å². The van der Waals surface area contributed by atoms with Gasteiger partial charge in [0, 0.05) is 12.6 Å². The van der Waals surface area contributed by atoms with Gasteiger partial charge < -0.3 is 9.64 Å². The molecule has 0 fully saturated rings. The van der Waals surface area contributed by atoms with E-state index in [4.69, 9.17) is 0 Å². The van der Waals surface area contributed by atoms with Gasteiger partial charge in [-0.25, -0.2) is 8.78 Å². The van der Waals surface area contributed by atoms with Gasteiger partial charge in [-0.2, -0.15) is 0 Å². The highest BCUT2D eigenvalue weighted by Crippen LogP contribution is 2.32. The van der Waals surface area contributed by atoms with Crippen molar-refractivity contribution in [2.75, 3.05) is 18.1 Å². The van der Waals surface area contributed by atoms with Crippen molar-refractivity contribution in [2.24, 2.45) is 0 Å². The van der Waals surface area contributed by atoms with Crippen molar-refractivity contribution in [1.82, 2.24) is 0 Å². The van der Waals surface area contributed by atoms with E-state index in [0.29, 0.717) is 6.07 Å². The molecule has 20 heavy (non-hydrogen) atoms. The standard InChI is InChI=1S/C13H11F2NO4/c1-2-20-10(17)3-4-16-11-8(12(18)13(16)19)5-7(14)6-9(11)15/h5-6H,2-4H2,1H3. The second kappa shape index (κ2) is 5.36. The third kappa shape index (κ3) is 2.38. The zero-order valence-electron chi connectivity index (χ0n) is 10.6. The Kier molecular flexibility index (Phi) is 3.78. The fourth-order valence-corrected chi connectivity index (χ4v) is 2.00. The highest BCUT2D eigenvalue weighted by molar-refractivity contribution is 6.52. The monoisotopic (exact) mass is 283 g/mol. The molecule has 0 atom stereocenters. The average molecular weight is 283 g/mol. The molecule has 0 aliphatic carbocycles. The molecule has 1 heterocycles. The van der Waals surface area contributed by atoms with Gasteiger partial charge in [0.2, 0.25) is 0 Å². The summed E-state index contributed by atoms with van der Waals surface area (Å²) in [5.74, 6) is -4.47. The minimum Gasteiger partial charge on any atom is -0.466 e. The van der Waals surface area contributed by atoms with Crippen LogP contribution in [0.4, 0.5) is 14.5 Å². The van der Waals surface area contributed by atoms with E-state index in [-0.39, 0.29) is 30.8 Å². The molecule has 1 aromatic carbocycles. The number of esters is 1. The molecule has 2 rings (SSSR count). The van der Waals surface area contributed by atoms with Crippen LogP contribution < -0.4 is 4.90 Å². The highest BCUT2D eigenvalue weighted by atomic mass is 19.1. The maximum absolute atomic E-state index is 13.7. The van der Waals surface area contributed by atoms with Crippen LogP contribution in [0.15, 0.2) is 12.1 Å². The molecule has 0 saturated carbocycles. The number of rotatable bonds is 4. The summed E-state index contributed by atoms with van der Waals surface area (Å²) in [4.78, 5) is 35.4. The maximum Gasteiger partial charge on any atom is 0.307 e. The lowest BCUT2D eigenvalue weighted by atomic mass is 10.1. The minimum atomic E-state index is -1.01. The quantitative estimate of drug-likeness (QED) is 0.619. The molecule has 0 aromatic heterocycles. The fourth-order valence-electron chi connectivity index (χ4n) is 2.00. The molecule has 0 spiro atoms. The number of carbonyl (C=O) groups excluding carboxylic acids is 3. The number of halogens is 2. The normalized spacial score (nSPS) is 13.7. The molecule has 1 amide bonds. The molecule has 0 N–H and O–H groups in total. The molecular weight excluding hydrogens is 272 g/mol. The van der Waals surface area contributed by atoms with Crippen LogP contribution in [-0.2, 0) is 14.3 Å². The lowest BCUT2D eigenvalue weighted by Crippen LogP contribution is -2.32. The first-order chi connectivity index (χ1) is 9.45. The average Bonchev–Trinajstić information content (AvgIpc) is 2.61. The van der Waals surface area contributed by atoms with Crippen molar-refractivity contribution in [1.29, 1.82) is 0 Å². The zero-order valence-corrected chi connectivity index (χ0v) is 10.6. The second-order valence-electron chi connectivity index (χ2n) is 4.12. The molecule has 7 heteroatoms. The Bertz CT molecular complexity index is 600. The lowest BCUT2D eigenvalue weighted by molar-refractivity contribution is -0.142. The summed E-state index contributed by atoms with van der Waals surface area (Å²) in [6.07, 6.45) is -0.177. The van der Waals surface area contributed by atoms with E-state index in [1.54, 1.807) is 6.92 Å². The van der Waals surface area contributed by atoms with Crippen molar-refractivity contribution in [3.8, 4) is 0 Å². The summed E-state index contributed by atoms with van der Waals surface area (Å²) < 4.78 is 31.5. The van der Waals surface area contributed by atoms with Gasteiger partial charge in [0.1, 0.15) is 5.82 Å². The van der Waals surface area contributed by atoms with Crippen LogP contribution in [0.5, 0.6) is 0 Å². The molecule has 1 aromatic rings. The third-order valence-corrected chi connectivity index (χ3v) is 2.83. The molecule has 0 radical (unpaired) electrons. The number of fused-ring (bicyclic) bond motifs is 1. The predicted molar refractivity (Wildman–Crippen MR) is 64.3 cm³/mol. The Morgan fingerprint density at radius 3 is 2.65 bits per heavy atom. The highest BCUT2D eigenvalue weighted by Gasteiger charge is 2.38. The van der Waals surface area contributed by atoms with Crippen molar-refractivity contribution < 1.29 is 27.9 Å². The molecule has 1 aliphatic heterocycles. The van der Waals surface area contributed by atoms with Crippen LogP contribution in [0.3, 0.4) is 0 Å². The molecular formula is C13H11F2NO4. The SMILES string of the molecule is CCOC(=O)CCN1C(=O)C(=O)c2cc(F)cc(F)c21. The van der Waals surface area contributed by atoms with E-state index in [0.717, 1.165) is 11.0 Å². The Morgan fingerprint density at radius 2 is 2.00 bits per heavy atom. The summed E-state index contributed by atoms with van der Waals surface area (Å²) in [5.41, 5.74) is -0.609. The third-order valence-electron chi connectivity index (χ3n) is 2.83. The summed E-state index contributed by atoms with van der Waals surface area (Å²) in [6.45, 7) is 1.61. The van der Waals surface area contributed by atoms with Gasteiger partial charge in [-0.05, 0) is 13.0 Å². The van der Waals surface area contributed by atoms with Crippen molar-refractivity contribution >= 4 is 23.3 Å². The van der Waals surface area contributed by atoms with E-state index in [9.17, 15) is 23.2 Å². The molecule has 106 valence electrons. The number of hydrogen-bond donors (Lipinski definition) is 0. The summed E-state index contributed by atoms with van der Waals surface area (Å²) in [5, 5.41) is 0. The minimum absolute atomic E-state index is 0.177. The number of carbonyl (C=O) groups is 3. The maximum atomic E-state index is 13.7. The van der Waals surface area contributed by atoms with E-state index in [1.165, 1.54) is 0 Å². The molecule has 5 nitrogen and oxygen atoms in total. The van der Waals surface area contributed by atoms with Gasteiger partial charge >= 0.3 is 5.97 Å². The lowest BCUT2D eigenvalue weighted by Gasteiger charge is -2.16. The Hall–Kier alpha value is -2.31. The van der Waals surface area contributed by atoms with E-state index in [1.807, 2.05) is 0 Å².